The van der Waals surface area contributed by atoms with Gasteiger partial charge in [-0.3, -0.25) is 0 Å². The molecule has 78 valence electrons. The van der Waals surface area contributed by atoms with Gasteiger partial charge < -0.3 is 5.32 Å². The van der Waals surface area contributed by atoms with E-state index < -0.39 is 0 Å². The van der Waals surface area contributed by atoms with Crippen LogP contribution in [0.3, 0.4) is 0 Å². The van der Waals surface area contributed by atoms with Gasteiger partial charge in [-0.25, -0.2) is 0 Å². The van der Waals surface area contributed by atoms with Crippen LogP contribution in [0.15, 0.2) is 22.1 Å². The lowest BCUT2D eigenvalue weighted by molar-refractivity contribution is 1.07. The second-order valence-corrected chi connectivity index (χ2v) is 6.44. The Morgan fingerprint density at radius 3 is 2.87 bits per heavy atom. The molecule has 0 bridgehead atoms. The number of nitrogens with zero attached hydrogens (tertiary/aromatic N) is 2. The number of hydrogen-bond donors (Lipinski definition) is 1. The van der Waals surface area contributed by atoms with Gasteiger partial charge in [0.1, 0.15) is 0 Å². The fourth-order valence-corrected chi connectivity index (χ4v) is 2.61. The summed E-state index contributed by atoms with van der Waals surface area (Å²) in [6, 6.07) is 6.25. The number of aromatic nitrogens is 2. The zero-order chi connectivity index (χ0) is 10.8. The third-order valence-corrected chi connectivity index (χ3v) is 3.78. The van der Waals surface area contributed by atoms with E-state index >= 15 is 0 Å². The Balaban J connectivity index is 2.27. The van der Waals surface area contributed by atoms with Crippen molar-refractivity contribution < 1.29 is 0 Å². The van der Waals surface area contributed by atoms with E-state index in [4.69, 9.17) is 0 Å². The predicted molar refractivity (Wildman–Crippen MR) is 74.8 cm³/mol. The molecule has 0 unspecified atom stereocenters. The third-order valence-electron chi connectivity index (χ3n) is 1.84. The van der Waals surface area contributed by atoms with Crippen molar-refractivity contribution in [1.29, 1.82) is 0 Å². The van der Waals surface area contributed by atoms with E-state index in [0.717, 1.165) is 14.7 Å². The molecule has 15 heavy (non-hydrogen) atoms. The molecule has 0 aliphatic rings. The SMILES string of the molecule is Cc1ccc(I)cc1Nc1nnc(Br)s1. The van der Waals surface area contributed by atoms with Gasteiger partial charge in [-0.1, -0.05) is 17.4 Å². The number of rotatable bonds is 2. The Morgan fingerprint density at radius 1 is 1.40 bits per heavy atom. The summed E-state index contributed by atoms with van der Waals surface area (Å²) >= 11 is 7.05. The molecule has 0 aliphatic carbocycles. The Bertz CT molecular complexity index is 486. The Kier molecular flexibility index (Phi) is 3.57. The number of hydrogen-bond acceptors (Lipinski definition) is 4. The molecule has 6 heteroatoms. The van der Waals surface area contributed by atoms with Crippen LogP contribution in [-0.2, 0) is 0 Å². The molecule has 1 heterocycles. The maximum absolute atomic E-state index is 3.99. The second kappa shape index (κ2) is 4.75. The molecule has 0 atom stereocenters. The summed E-state index contributed by atoms with van der Waals surface area (Å²) in [6.45, 7) is 2.06. The summed E-state index contributed by atoms with van der Waals surface area (Å²) in [5.41, 5.74) is 2.27. The molecule has 3 nitrogen and oxygen atoms in total. The van der Waals surface area contributed by atoms with Crippen molar-refractivity contribution in [2.24, 2.45) is 0 Å². The minimum atomic E-state index is 0.785. The van der Waals surface area contributed by atoms with Gasteiger partial charge >= 0.3 is 0 Å². The van der Waals surface area contributed by atoms with Crippen LogP contribution in [0.2, 0.25) is 0 Å². The zero-order valence-electron chi connectivity index (χ0n) is 7.79. The zero-order valence-corrected chi connectivity index (χ0v) is 12.4. The highest BCUT2D eigenvalue weighted by Gasteiger charge is 2.04. The summed E-state index contributed by atoms with van der Waals surface area (Å²) < 4.78 is 1.98. The van der Waals surface area contributed by atoms with Crippen molar-refractivity contribution in [3.63, 3.8) is 0 Å². The molecule has 0 spiro atoms. The lowest BCUT2D eigenvalue weighted by atomic mass is 10.2. The van der Waals surface area contributed by atoms with E-state index in [1.807, 2.05) is 0 Å². The first-order valence-electron chi connectivity index (χ1n) is 4.17. The molecule has 0 saturated carbocycles. The average Bonchev–Trinajstić information content (AvgIpc) is 2.58. The van der Waals surface area contributed by atoms with Crippen LogP contribution in [-0.4, -0.2) is 10.2 Å². The first-order valence-corrected chi connectivity index (χ1v) is 6.86. The van der Waals surface area contributed by atoms with Crippen molar-refractivity contribution >= 4 is 60.7 Å². The maximum atomic E-state index is 3.99. The van der Waals surface area contributed by atoms with E-state index in [0.29, 0.717) is 0 Å². The molecule has 1 aromatic carbocycles. The number of anilines is 2. The van der Waals surface area contributed by atoms with E-state index in [-0.39, 0.29) is 0 Å². The minimum Gasteiger partial charge on any atom is -0.330 e. The van der Waals surface area contributed by atoms with Gasteiger partial charge in [0.2, 0.25) is 5.13 Å². The van der Waals surface area contributed by atoms with E-state index in [1.54, 1.807) is 0 Å². The number of benzene rings is 1. The third kappa shape index (κ3) is 2.88. The van der Waals surface area contributed by atoms with Gasteiger partial charge in [-0.15, -0.1) is 10.2 Å². The molecule has 1 N–H and O–H groups in total. The van der Waals surface area contributed by atoms with Crippen LogP contribution in [0.5, 0.6) is 0 Å². The largest absolute Gasteiger partial charge is 0.330 e. The van der Waals surface area contributed by atoms with Crippen molar-refractivity contribution in [2.45, 2.75) is 6.92 Å². The highest BCUT2D eigenvalue weighted by atomic mass is 127. The van der Waals surface area contributed by atoms with Gasteiger partial charge in [-0.2, -0.15) is 0 Å². The number of nitrogens with one attached hydrogen (secondary N) is 1. The fraction of sp³-hybridized carbons (Fsp3) is 0.111. The van der Waals surface area contributed by atoms with Gasteiger partial charge in [0, 0.05) is 9.26 Å². The summed E-state index contributed by atoms with van der Waals surface area (Å²) in [6.07, 6.45) is 0. The quantitative estimate of drug-likeness (QED) is 0.782. The first kappa shape index (κ1) is 11.3. The summed E-state index contributed by atoms with van der Waals surface area (Å²) in [5, 5.41) is 11.9. The summed E-state index contributed by atoms with van der Waals surface area (Å²) in [5.74, 6) is 0. The summed E-state index contributed by atoms with van der Waals surface area (Å²) in [4.78, 5) is 0. The Hall–Kier alpha value is -0.210. The number of aryl methyl sites for hydroxylation is 1. The Labute approximate surface area is 114 Å². The number of halogens is 2. The molecule has 0 radical (unpaired) electrons. The molecule has 0 saturated heterocycles. The van der Waals surface area contributed by atoms with Crippen molar-refractivity contribution in [3.8, 4) is 0 Å². The highest BCUT2D eigenvalue weighted by molar-refractivity contribution is 14.1. The molecule has 2 aromatic rings. The average molecular weight is 396 g/mol. The highest BCUT2D eigenvalue weighted by Crippen LogP contribution is 2.26. The first-order chi connectivity index (χ1) is 7.15. The van der Waals surface area contributed by atoms with Crippen LogP contribution < -0.4 is 5.32 Å². The summed E-state index contributed by atoms with van der Waals surface area (Å²) in [7, 11) is 0. The minimum absolute atomic E-state index is 0.785. The predicted octanol–water partition coefficient (Wildman–Crippen LogP) is 3.96. The van der Waals surface area contributed by atoms with Gasteiger partial charge in [0.05, 0.1) is 0 Å². The monoisotopic (exact) mass is 395 g/mol. The second-order valence-electron chi connectivity index (χ2n) is 2.94. The van der Waals surface area contributed by atoms with E-state index in [2.05, 4.69) is 79.2 Å². The van der Waals surface area contributed by atoms with Gasteiger partial charge in [0.25, 0.3) is 0 Å². The lowest BCUT2D eigenvalue weighted by Crippen LogP contribution is -1.93. The van der Waals surface area contributed by atoms with E-state index in [9.17, 15) is 0 Å². The molecule has 0 amide bonds. The molecule has 2 rings (SSSR count). The fourth-order valence-electron chi connectivity index (χ4n) is 1.10. The van der Waals surface area contributed by atoms with Gasteiger partial charge in [0.15, 0.2) is 3.92 Å². The smallest absolute Gasteiger partial charge is 0.210 e. The normalized spacial score (nSPS) is 10.3. The van der Waals surface area contributed by atoms with Crippen molar-refractivity contribution in [2.75, 3.05) is 5.32 Å². The van der Waals surface area contributed by atoms with Crippen molar-refractivity contribution in [1.82, 2.24) is 10.2 Å². The Morgan fingerprint density at radius 2 is 2.20 bits per heavy atom. The van der Waals surface area contributed by atoms with Crippen molar-refractivity contribution in [3.05, 3.63) is 31.2 Å². The molecular formula is C9H7BrIN3S. The molecule has 1 aromatic heterocycles. The van der Waals surface area contributed by atoms with Crippen LogP contribution in [0.1, 0.15) is 5.56 Å². The van der Waals surface area contributed by atoms with Crippen LogP contribution in [0, 0.1) is 10.5 Å². The van der Waals surface area contributed by atoms with Crippen LogP contribution in [0.25, 0.3) is 0 Å². The molecule has 0 fully saturated rings. The topological polar surface area (TPSA) is 37.8 Å². The molecular weight excluding hydrogens is 389 g/mol. The van der Waals surface area contributed by atoms with Crippen LogP contribution in [0.4, 0.5) is 10.8 Å². The lowest BCUT2D eigenvalue weighted by Gasteiger charge is -2.06. The standard InChI is InChI=1S/C9H7BrIN3S/c1-5-2-3-6(11)4-7(5)12-9-14-13-8(10)15-9/h2-4H,1H3,(H,12,14). The maximum Gasteiger partial charge on any atom is 0.210 e. The van der Waals surface area contributed by atoms with E-state index in [1.165, 1.54) is 20.5 Å². The van der Waals surface area contributed by atoms with Crippen LogP contribution >= 0.6 is 49.9 Å². The molecule has 0 aliphatic heterocycles. The van der Waals surface area contributed by atoms with Gasteiger partial charge in [-0.05, 0) is 63.1 Å².